The molecular formula is C17H28N2O. The molecule has 4 atom stereocenters. The van der Waals surface area contributed by atoms with Crippen LogP contribution in [0, 0.1) is 12.8 Å². The van der Waals surface area contributed by atoms with Crippen LogP contribution < -0.4 is 5.32 Å². The van der Waals surface area contributed by atoms with Crippen LogP contribution in [0.4, 0.5) is 0 Å². The van der Waals surface area contributed by atoms with Gasteiger partial charge in [0.15, 0.2) is 0 Å². The summed E-state index contributed by atoms with van der Waals surface area (Å²) < 4.78 is 0. The van der Waals surface area contributed by atoms with Gasteiger partial charge in [-0.05, 0) is 38.8 Å². The number of benzene rings is 1. The highest BCUT2D eigenvalue weighted by molar-refractivity contribution is 5.24. The van der Waals surface area contributed by atoms with Crippen molar-refractivity contribution in [2.75, 3.05) is 20.1 Å². The minimum absolute atomic E-state index is 0.419. The summed E-state index contributed by atoms with van der Waals surface area (Å²) in [5.74, 6) is 0.626. The molecular weight excluding hydrogens is 248 g/mol. The van der Waals surface area contributed by atoms with Crippen molar-refractivity contribution in [3.8, 4) is 0 Å². The number of aliphatic hydroxyl groups is 1. The molecule has 1 aliphatic rings. The minimum atomic E-state index is -0.419. The van der Waals surface area contributed by atoms with Gasteiger partial charge in [-0.3, -0.25) is 0 Å². The van der Waals surface area contributed by atoms with Crippen molar-refractivity contribution in [3.63, 3.8) is 0 Å². The summed E-state index contributed by atoms with van der Waals surface area (Å²) in [5.41, 5.74) is 2.20. The Kier molecular flexibility index (Phi) is 5.19. The molecule has 112 valence electrons. The van der Waals surface area contributed by atoms with E-state index in [-0.39, 0.29) is 0 Å². The Morgan fingerprint density at radius 3 is 2.85 bits per heavy atom. The van der Waals surface area contributed by atoms with E-state index in [0.29, 0.717) is 24.5 Å². The Morgan fingerprint density at radius 1 is 1.40 bits per heavy atom. The van der Waals surface area contributed by atoms with Gasteiger partial charge in [0.05, 0.1) is 6.10 Å². The molecule has 2 N–H and O–H groups in total. The van der Waals surface area contributed by atoms with Crippen LogP contribution >= 0.6 is 0 Å². The highest BCUT2D eigenvalue weighted by atomic mass is 16.3. The maximum atomic E-state index is 10.3. The minimum Gasteiger partial charge on any atom is -0.387 e. The molecule has 1 aromatic carbocycles. The third kappa shape index (κ3) is 3.81. The average Bonchev–Trinajstić information content (AvgIpc) is 2.41. The van der Waals surface area contributed by atoms with Gasteiger partial charge in [0, 0.05) is 25.2 Å². The number of piperidine rings is 1. The number of rotatable bonds is 4. The molecule has 1 heterocycles. The van der Waals surface area contributed by atoms with Crippen LogP contribution in [-0.2, 0) is 0 Å². The molecule has 0 aromatic heterocycles. The fourth-order valence-corrected chi connectivity index (χ4v) is 3.08. The lowest BCUT2D eigenvalue weighted by atomic mass is 9.89. The molecule has 1 aliphatic heterocycles. The fourth-order valence-electron chi connectivity index (χ4n) is 3.08. The third-order valence-electron chi connectivity index (χ3n) is 4.61. The van der Waals surface area contributed by atoms with E-state index in [9.17, 15) is 5.11 Å². The van der Waals surface area contributed by atoms with E-state index in [1.165, 1.54) is 5.56 Å². The lowest BCUT2D eigenvalue weighted by molar-refractivity contribution is 0.106. The third-order valence-corrected chi connectivity index (χ3v) is 4.61. The highest BCUT2D eigenvalue weighted by Gasteiger charge is 2.28. The molecule has 1 fully saturated rings. The van der Waals surface area contributed by atoms with Gasteiger partial charge in [0.2, 0.25) is 0 Å². The van der Waals surface area contributed by atoms with Gasteiger partial charge in [-0.15, -0.1) is 0 Å². The summed E-state index contributed by atoms with van der Waals surface area (Å²) >= 11 is 0. The molecule has 2 rings (SSSR count). The van der Waals surface area contributed by atoms with Gasteiger partial charge in [0.25, 0.3) is 0 Å². The summed E-state index contributed by atoms with van der Waals surface area (Å²) in [5, 5.41) is 13.9. The van der Waals surface area contributed by atoms with Crippen LogP contribution in [0.3, 0.4) is 0 Å². The number of nitrogens with one attached hydrogen (secondary N) is 1. The van der Waals surface area contributed by atoms with Crippen molar-refractivity contribution in [1.29, 1.82) is 0 Å². The van der Waals surface area contributed by atoms with Gasteiger partial charge in [-0.1, -0.05) is 36.8 Å². The molecule has 3 nitrogen and oxygen atoms in total. The van der Waals surface area contributed by atoms with Crippen LogP contribution in [0.1, 0.15) is 37.5 Å². The second kappa shape index (κ2) is 6.70. The van der Waals surface area contributed by atoms with Crippen molar-refractivity contribution >= 4 is 0 Å². The van der Waals surface area contributed by atoms with Crippen molar-refractivity contribution in [1.82, 2.24) is 10.2 Å². The Hall–Kier alpha value is -0.900. The summed E-state index contributed by atoms with van der Waals surface area (Å²) in [4.78, 5) is 2.42. The molecule has 1 saturated heterocycles. The SMILES string of the molecule is Cc1cccc([C@H](O)CN[C@@H]2C[C@H](C)N(C)C[C@H]2C)c1. The van der Waals surface area contributed by atoms with Crippen LogP contribution in [0.15, 0.2) is 24.3 Å². The van der Waals surface area contributed by atoms with E-state index in [0.717, 1.165) is 18.5 Å². The first-order chi connectivity index (χ1) is 9.47. The molecule has 0 spiro atoms. The van der Waals surface area contributed by atoms with E-state index < -0.39 is 6.10 Å². The zero-order chi connectivity index (χ0) is 14.7. The Bertz CT molecular complexity index is 435. The van der Waals surface area contributed by atoms with Crippen molar-refractivity contribution in [2.24, 2.45) is 5.92 Å². The smallest absolute Gasteiger partial charge is 0.0914 e. The zero-order valence-corrected chi connectivity index (χ0v) is 13.1. The molecule has 3 heteroatoms. The number of nitrogens with zero attached hydrogens (tertiary/aromatic N) is 1. The van der Waals surface area contributed by atoms with Gasteiger partial charge < -0.3 is 15.3 Å². The summed E-state index contributed by atoms with van der Waals surface area (Å²) in [6, 6.07) is 9.24. The fraction of sp³-hybridized carbons (Fsp3) is 0.647. The standard InChI is InChI=1S/C17H28N2O/c1-12-6-5-7-15(8-12)17(20)10-18-16-9-14(3)19(4)11-13(16)2/h5-8,13-14,16-18,20H,9-11H2,1-4H3/t13-,14+,16-,17-/m1/s1. The number of aliphatic hydroxyl groups excluding tert-OH is 1. The number of likely N-dealkylation sites (tertiary alicyclic amines) is 1. The van der Waals surface area contributed by atoms with Crippen LogP contribution in [-0.4, -0.2) is 42.2 Å². The first-order valence-electron chi connectivity index (χ1n) is 7.65. The van der Waals surface area contributed by atoms with E-state index >= 15 is 0 Å². The number of hydrogen-bond donors (Lipinski definition) is 2. The molecule has 0 amide bonds. The summed E-state index contributed by atoms with van der Waals surface area (Å²) in [6.45, 7) is 8.38. The Balaban J connectivity index is 1.88. The second-order valence-corrected chi connectivity index (χ2v) is 6.45. The average molecular weight is 276 g/mol. The molecule has 0 radical (unpaired) electrons. The molecule has 0 bridgehead atoms. The second-order valence-electron chi connectivity index (χ2n) is 6.45. The van der Waals surface area contributed by atoms with Gasteiger partial charge in [-0.2, -0.15) is 0 Å². The topological polar surface area (TPSA) is 35.5 Å². The normalized spacial score (nSPS) is 29.4. The Labute approximate surface area is 123 Å². The lowest BCUT2D eigenvalue weighted by Crippen LogP contribution is -2.51. The first kappa shape index (κ1) is 15.5. The lowest BCUT2D eigenvalue weighted by Gasteiger charge is -2.40. The largest absolute Gasteiger partial charge is 0.387 e. The van der Waals surface area contributed by atoms with Crippen molar-refractivity contribution < 1.29 is 5.11 Å². The number of hydrogen-bond acceptors (Lipinski definition) is 3. The van der Waals surface area contributed by atoms with E-state index in [1.807, 2.05) is 12.1 Å². The molecule has 0 aliphatic carbocycles. The van der Waals surface area contributed by atoms with Gasteiger partial charge >= 0.3 is 0 Å². The quantitative estimate of drug-likeness (QED) is 0.886. The summed E-state index contributed by atoms with van der Waals surface area (Å²) in [6.07, 6.45) is 0.732. The van der Waals surface area contributed by atoms with E-state index in [4.69, 9.17) is 0 Å². The van der Waals surface area contributed by atoms with Crippen LogP contribution in [0.25, 0.3) is 0 Å². The predicted octanol–water partition coefficient (Wildman–Crippen LogP) is 2.35. The van der Waals surface area contributed by atoms with Crippen molar-refractivity contribution in [3.05, 3.63) is 35.4 Å². The Morgan fingerprint density at radius 2 is 2.15 bits per heavy atom. The van der Waals surface area contributed by atoms with Crippen LogP contribution in [0.2, 0.25) is 0 Å². The first-order valence-corrected chi connectivity index (χ1v) is 7.65. The van der Waals surface area contributed by atoms with Gasteiger partial charge in [0.1, 0.15) is 0 Å². The number of aryl methyl sites for hydroxylation is 1. The van der Waals surface area contributed by atoms with Crippen molar-refractivity contribution in [2.45, 2.75) is 45.4 Å². The zero-order valence-electron chi connectivity index (χ0n) is 13.1. The molecule has 0 unspecified atom stereocenters. The van der Waals surface area contributed by atoms with Gasteiger partial charge in [-0.25, -0.2) is 0 Å². The molecule has 20 heavy (non-hydrogen) atoms. The van der Waals surface area contributed by atoms with Crippen LogP contribution in [0.5, 0.6) is 0 Å². The highest BCUT2D eigenvalue weighted by Crippen LogP contribution is 2.21. The molecule has 1 aromatic rings. The van der Waals surface area contributed by atoms with E-state index in [1.54, 1.807) is 0 Å². The monoisotopic (exact) mass is 276 g/mol. The maximum absolute atomic E-state index is 10.3. The van der Waals surface area contributed by atoms with E-state index in [2.05, 4.69) is 50.2 Å². The predicted molar refractivity (Wildman–Crippen MR) is 83.8 cm³/mol. The summed E-state index contributed by atoms with van der Waals surface area (Å²) in [7, 11) is 2.19. The molecule has 0 saturated carbocycles. The maximum Gasteiger partial charge on any atom is 0.0914 e.